The van der Waals surface area contributed by atoms with Crippen molar-refractivity contribution in [1.82, 2.24) is 10.3 Å². The fourth-order valence-corrected chi connectivity index (χ4v) is 4.08. The van der Waals surface area contributed by atoms with Crippen LogP contribution in [0.5, 0.6) is 5.75 Å². The predicted molar refractivity (Wildman–Crippen MR) is 120 cm³/mol. The van der Waals surface area contributed by atoms with E-state index in [0.717, 1.165) is 28.0 Å². The second-order valence-electron chi connectivity index (χ2n) is 7.49. The minimum atomic E-state index is -0.957. The third-order valence-corrected chi connectivity index (χ3v) is 5.43. The number of benzene rings is 2. The number of para-hydroxylation sites is 1. The van der Waals surface area contributed by atoms with Crippen LogP contribution in [0.25, 0.3) is 5.57 Å². The molecule has 0 fully saturated rings. The number of carboxylic acids is 1. The van der Waals surface area contributed by atoms with Gasteiger partial charge in [-0.25, -0.2) is 4.79 Å². The van der Waals surface area contributed by atoms with E-state index in [1.165, 1.54) is 0 Å². The number of allylic oxidation sites excluding steroid dienone is 3. The zero-order valence-electron chi connectivity index (χ0n) is 17.5. The molecular formula is C26H24N2O3. The first-order valence-electron chi connectivity index (χ1n) is 10.1. The van der Waals surface area contributed by atoms with Crippen LogP contribution in [0.15, 0.2) is 96.1 Å². The van der Waals surface area contributed by atoms with E-state index in [2.05, 4.69) is 10.3 Å². The van der Waals surface area contributed by atoms with Crippen molar-refractivity contribution in [2.75, 3.05) is 0 Å². The standard InChI is InChI=1S/C26H24N2O3/c1-17-23(20-11-8-14-27-15-20)25(24(26(29)30)18(2)28-17)21-12-6-7-13-22(21)31-16-19-9-4-3-5-10-19/h3-15,25,28H,16H2,1-2H3,(H,29,30). The van der Waals surface area contributed by atoms with Crippen LogP contribution in [-0.2, 0) is 11.4 Å². The normalized spacial score (nSPS) is 16.1. The Balaban J connectivity index is 1.82. The molecule has 1 unspecified atom stereocenters. The van der Waals surface area contributed by atoms with Crippen LogP contribution in [0, 0.1) is 0 Å². The van der Waals surface area contributed by atoms with Gasteiger partial charge in [-0.15, -0.1) is 0 Å². The van der Waals surface area contributed by atoms with E-state index >= 15 is 0 Å². The molecule has 0 aliphatic carbocycles. The van der Waals surface area contributed by atoms with Gasteiger partial charge in [-0.1, -0.05) is 54.6 Å². The summed E-state index contributed by atoms with van der Waals surface area (Å²) in [6, 6.07) is 21.4. The van der Waals surface area contributed by atoms with Gasteiger partial charge in [0.25, 0.3) is 0 Å². The highest BCUT2D eigenvalue weighted by molar-refractivity contribution is 5.96. The quantitative estimate of drug-likeness (QED) is 0.587. The van der Waals surface area contributed by atoms with E-state index in [9.17, 15) is 9.90 Å². The third kappa shape index (κ3) is 4.21. The third-order valence-electron chi connectivity index (χ3n) is 5.43. The van der Waals surface area contributed by atoms with E-state index in [1.54, 1.807) is 19.3 Å². The lowest BCUT2D eigenvalue weighted by molar-refractivity contribution is -0.132. The van der Waals surface area contributed by atoms with Crippen LogP contribution >= 0.6 is 0 Å². The fourth-order valence-electron chi connectivity index (χ4n) is 4.08. The SMILES string of the molecule is CC1=C(C(=O)O)C(c2ccccc2OCc2ccccc2)C(c2cccnc2)=C(C)N1. The lowest BCUT2D eigenvalue weighted by Gasteiger charge is -2.32. The molecule has 4 rings (SSSR count). The minimum Gasteiger partial charge on any atom is -0.489 e. The molecule has 0 saturated heterocycles. The van der Waals surface area contributed by atoms with E-state index in [-0.39, 0.29) is 0 Å². The van der Waals surface area contributed by atoms with Crippen LogP contribution in [-0.4, -0.2) is 16.1 Å². The Morgan fingerprint density at radius 2 is 1.74 bits per heavy atom. The van der Waals surface area contributed by atoms with Crippen LogP contribution in [0.3, 0.4) is 0 Å². The van der Waals surface area contributed by atoms with E-state index in [4.69, 9.17) is 4.74 Å². The summed E-state index contributed by atoms with van der Waals surface area (Å²) < 4.78 is 6.19. The highest BCUT2D eigenvalue weighted by Gasteiger charge is 2.35. The molecule has 156 valence electrons. The van der Waals surface area contributed by atoms with Crippen molar-refractivity contribution in [2.45, 2.75) is 26.4 Å². The van der Waals surface area contributed by atoms with Crippen molar-refractivity contribution in [3.8, 4) is 5.75 Å². The lowest BCUT2D eigenvalue weighted by atomic mass is 9.77. The molecule has 1 aliphatic rings. The second kappa shape index (κ2) is 8.88. The smallest absolute Gasteiger partial charge is 0.334 e. The summed E-state index contributed by atoms with van der Waals surface area (Å²) in [5.41, 5.74) is 5.45. The number of nitrogens with one attached hydrogen (secondary N) is 1. The Labute approximate surface area is 181 Å². The van der Waals surface area contributed by atoms with Gasteiger partial charge in [0.05, 0.1) is 5.57 Å². The van der Waals surface area contributed by atoms with Crippen molar-refractivity contribution < 1.29 is 14.6 Å². The molecule has 1 aliphatic heterocycles. The maximum Gasteiger partial charge on any atom is 0.334 e. The van der Waals surface area contributed by atoms with Crippen LogP contribution in [0.2, 0.25) is 0 Å². The number of carboxylic acid groups (broad SMARTS) is 1. The zero-order chi connectivity index (χ0) is 21.8. The molecule has 0 bridgehead atoms. The number of rotatable bonds is 6. The Morgan fingerprint density at radius 3 is 2.45 bits per heavy atom. The van der Waals surface area contributed by atoms with Crippen molar-refractivity contribution >= 4 is 11.5 Å². The number of ether oxygens (including phenoxy) is 1. The molecule has 1 aromatic heterocycles. The first kappa shape index (κ1) is 20.4. The van der Waals surface area contributed by atoms with Crippen LogP contribution in [0.4, 0.5) is 0 Å². The van der Waals surface area contributed by atoms with Gasteiger partial charge in [0, 0.05) is 35.3 Å². The highest BCUT2D eigenvalue weighted by Crippen LogP contribution is 2.46. The molecule has 5 heteroatoms. The Morgan fingerprint density at radius 1 is 1.00 bits per heavy atom. The molecule has 2 heterocycles. The summed E-state index contributed by atoms with van der Waals surface area (Å²) in [5.74, 6) is -0.782. The van der Waals surface area contributed by atoms with E-state index in [1.807, 2.05) is 73.7 Å². The summed E-state index contributed by atoms with van der Waals surface area (Å²) in [5, 5.41) is 13.4. The molecule has 0 amide bonds. The number of pyridine rings is 1. The average molecular weight is 412 g/mol. The van der Waals surface area contributed by atoms with Crippen molar-refractivity contribution in [3.05, 3.63) is 113 Å². The highest BCUT2D eigenvalue weighted by atomic mass is 16.5. The molecule has 0 saturated carbocycles. The van der Waals surface area contributed by atoms with Crippen LogP contribution in [0.1, 0.15) is 36.5 Å². The zero-order valence-corrected chi connectivity index (χ0v) is 17.5. The molecular weight excluding hydrogens is 388 g/mol. The minimum absolute atomic E-state index is 0.306. The van der Waals surface area contributed by atoms with Gasteiger partial charge in [-0.3, -0.25) is 4.98 Å². The Hall–Kier alpha value is -3.86. The molecule has 2 aromatic carbocycles. The number of aliphatic carboxylic acids is 1. The Bertz CT molecular complexity index is 1150. The summed E-state index contributed by atoms with van der Waals surface area (Å²) in [7, 11) is 0. The number of carbonyl (C=O) groups is 1. The van der Waals surface area contributed by atoms with E-state index < -0.39 is 11.9 Å². The molecule has 2 N–H and O–H groups in total. The Kier molecular flexibility index (Phi) is 5.85. The van der Waals surface area contributed by atoms with Crippen molar-refractivity contribution in [2.24, 2.45) is 0 Å². The number of hydrogen-bond acceptors (Lipinski definition) is 4. The molecule has 0 spiro atoms. The van der Waals surface area contributed by atoms with Gasteiger partial charge < -0.3 is 15.2 Å². The van der Waals surface area contributed by atoms with Gasteiger partial charge in [0.2, 0.25) is 0 Å². The molecule has 0 radical (unpaired) electrons. The van der Waals surface area contributed by atoms with Crippen LogP contribution < -0.4 is 10.1 Å². The second-order valence-corrected chi connectivity index (χ2v) is 7.49. The molecule has 31 heavy (non-hydrogen) atoms. The first-order valence-corrected chi connectivity index (χ1v) is 10.1. The largest absolute Gasteiger partial charge is 0.489 e. The van der Waals surface area contributed by atoms with Gasteiger partial charge in [-0.2, -0.15) is 0 Å². The van der Waals surface area contributed by atoms with Crippen molar-refractivity contribution in [3.63, 3.8) is 0 Å². The average Bonchev–Trinajstić information content (AvgIpc) is 2.78. The number of dihydropyridines is 1. The maximum atomic E-state index is 12.3. The van der Waals surface area contributed by atoms with Gasteiger partial charge in [-0.05, 0) is 42.7 Å². The molecule has 5 nitrogen and oxygen atoms in total. The summed E-state index contributed by atoms with van der Waals surface area (Å²) in [6.07, 6.45) is 3.47. The topological polar surface area (TPSA) is 71.5 Å². The van der Waals surface area contributed by atoms with Gasteiger partial charge >= 0.3 is 5.97 Å². The predicted octanol–water partition coefficient (Wildman–Crippen LogP) is 5.14. The fraction of sp³-hybridized carbons (Fsp3) is 0.154. The van der Waals surface area contributed by atoms with Crippen molar-refractivity contribution in [1.29, 1.82) is 0 Å². The molecule has 1 atom stereocenters. The maximum absolute atomic E-state index is 12.3. The van der Waals surface area contributed by atoms with Gasteiger partial charge in [0.1, 0.15) is 12.4 Å². The number of nitrogens with zero attached hydrogens (tertiary/aromatic N) is 1. The number of hydrogen-bond donors (Lipinski definition) is 2. The summed E-state index contributed by atoms with van der Waals surface area (Å²) >= 11 is 0. The lowest BCUT2D eigenvalue weighted by Crippen LogP contribution is -2.27. The summed E-state index contributed by atoms with van der Waals surface area (Å²) in [6.45, 7) is 4.16. The van der Waals surface area contributed by atoms with E-state index in [0.29, 0.717) is 23.6 Å². The summed E-state index contributed by atoms with van der Waals surface area (Å²) in [4.78, 5) is 16.6. The monoisotopic (exact) mass is 412 g/mol. The van der Waals surface area contributed by atoms with Gasteiger partial charge in [0.15, 0.2) is 0 Å². The molecule has 3 aromatic rings. The first-order chi connectivity index (χ1) is 15.1. The number of aromatic nitrogens is 1.